The molecule has 12 aromatic rings. The van der Waals surface area contributed by atoms with Gasteiger partial charge in [0.05, 0.1) is 86.3 Å². The van der Waals surface area contributed by atoms with Crippen LogP contribution in [-0.2, 0) is 0 Å². The Kier molecular flexibility index (Phi) is 16.4. The molecule has 0 bridgehead atoms. The summed E-state index contributed by atoms with van der Waals surface area (Å²) >= 11 is 12.1. The minimum atomic E-state index is 0.280. The molecule has 330 valence electrons. The van der Waals surface area contributed by atoms with Crippen LogP contribution in [0.15, 0.2) is 126 Å². The van der Waals surface area contributed by atoms with Crippen LogP contribution in [0.3, 0.4) is 0 Å². The molecule has 6 heterocycles. The fraction of sp³-hybridized carbons (Fsp3) is 0.176. The minimum Gasteiger partial charge on any atom is -0.508 e. The molecule has 12 rings (SSSR count). The Morgan fingerprint density at radius 2 is 0.692 bits per heavy atom. The molecule has 65 heavy (non-hydrogen) atoms. The highest BCUT2D eigenvalue weighted by Gasteiger charge is 2.03. The Morgan fingerprint density at radius 3 is 1.17 bits per heavy atom. The van der Waals surface area contributed by atoms with Crippen LogP contribution < -0.4 is 0 Å². The van der Waals surface area contributed by atoms with Gasteiger partial charge in [0.25, 0.3) is 0 Å². The van der Waals surface area contributed by atoms with Gasteiger partial charge in [0.1, 0.15) is 5.75 Å². The van der Waals surface area contributed by atoms with E-state index >= 15 is 0 Å². The Morgan fingerprint density at radius 1 is 0.338 bits per heavy atom. The third-order valence-corrected chi connectivity index (χ3v) is 16.0. The van der Waals surface area contributed by atoms with Crippen LogP contribution in [0.2, 0.25) is 0 Å². The molecule has 0 aliphatic carbocycles. The van der Waals surface area contributed by atoms with Crippen molar-refractivity contribution in [3.8, 4) is 5.75 Å². The van der Waals surface area contributed by atoms with Crippen LogP contribution in [0.25, 0.3) is 61.3 Å². The first-order chi connectivity index (χ1) is 31.3. The van der Waals surface area contributed by atoms with Gasteiger partial charge in [0.2, 0.25) is 0 Å². The van der Waals surface area contributed by atoms with Crippen molar-refractivity contribution >= 4 is 141 Å². The van der Waals surface area contributed by atoms with Gasteiger partial charge >= 0.3 is 0 Å². The quantitative estimate of drug-likeness (QED) is 0.162. The molecule has 7 nitrogen and oxygen atoms in total. The summed E-state index contributed by atoms with van der Waals surface area (Å²) < 4.78 is 8.69. The number of rotatable bonds is 1. The fourth-order valence-corrected chi connectivity index (χ4v) is 12.1. The second-order valence-corrected chi connectivity index (χ2v) is 23.1. The maximum Gasteiger partial charge on any atom is 0.150 e. The van der Waals surface area contributed by atoms with E-state index < -0.39 is 0 Å². The standard InChI is InChI=1S/3C9H9NS.C8H7NOS.C8H7NS2.C8H7NS/c2*1-6-3-4-9-8(5-6)10-7(2)11-9;1-6-3-4-8-9(5-6)11-7(2)10-8;1-5-9-7-4-6(10)2-3-8(7)11-5;1-10-8-9-6-4-2-3-5-7(6)11-8;1-6-9-7-4-2-3-5-8(7)10-6/h3*3-5H,1-2H3;2-4,10H,1H3;2-5H,1H3;2-5H,1H3. The van der Waals surface area contributed by atoms with Gasteiger partial charge in [-0.1, -0.05) is 54.2 Å². The summed E-state index contributed by atoms with van der Waals surface area (Å²) in [5.41, 5.74) is 10.4. The first-order valence-electron chi connectivity index (χ1n) is 20.6. The SMILES string of the molecule is CSc1nc2ccccc2s1.Cc1ccc2nc(C)sc2c1.Cc1ccc2sc(C)nc2c1.Cc1ccc2sc(C)nc2c1.Cc1nc2cc(O)ccc2s1.Cc1nc2ccccc2s1. The predicted molar refractivity (Wildman–Crippen MR) is 289 cm³/mol. The highest BCUT2D eigenvalue weighted by molar-refractivity contribution is 8.00. The molecule has 14 heteroatoms. The number of hydrogen-bond donors (Lipinski definition) is 1. The molecule has 1 N–H and O–H groups in total. The lowest BCUT2D eigenvalue weighted by Gasteiger charge is -1.88. The first kappa shape index (κ1) is 47.8. The normalized spacial score (nSPS) is 10.7. The van der Waals surface area contributed by atoms with E-state index in [4.69, 9.17) is 5.11 Å². The number of phenols is 1. The van der Waals surface area contributed by atoms with E-state index in [-0.39, 0.29) is 5.75 Å². The molecule has 0 saturated heterocycles. The lowest BCUT2D eigenvalue weighted by molar-refractivity contribution is 0.476. The van der Waals surface area contributed by atoms with Crippen LogP contribution in [0.5, 0.6) is 5.75 Å². The number of aromatic hydroxyl groups is 1. The number of aryl methyl sites for hydroxylation is 8. The summed E-state index contributed by atoms with van der Waals surface area (Å²) in [5.74, 6) is 0.280. The van der Waals surface area contributed by atoms with E-state index in [2.05, 4.69) is 124 Å². The number of hydrogen-bond acceptors (Lipinski definition) is 14. The second kappa shape index (κ2) is 22.3. The number of fused-ring (bicyclic) bond motifs is 6. The lowest BCUT2D eigenvalue weighted by atomic mass is 10.2. The maximum absolute atomic E-state index is 9.10. The highest BCUT2D eigenvalue weighted by Crippen LogP contribution is 2.28. The molecule has 6 aromatic heterocycles. The van der Waals surface area contributed by atoms with Gasteiger partial charge in [-0.05, 0) is 151 Å². The summed E-state index contributed by atoms with van der Waals surface area (Å²) in [5, 5.41) is 14.7. The number of para-hydroxylation sites is 2. The smallest absolute Gasteiger partial charge is 0.150 e. The highest BCUT2D eigenvalue weighted by atomic mass is 32.2. The van der Waals surface area contributed by atoms with Crippen molar-refractivity contribution in [3.05, 3.63) is 163 Å². The number of thiazole rings is 6. The van der Waals surface area contributed by atoms with E-state index in [0.29, 0.717) is 0 Å². The van der Waals surface area contributed by atoms with Crippen molar-refractivity contribution in [1.82, 2.24) is 29.9 Å². The molecule has 0 atom stereocenters. The van der Waals surface area contributed by atoms with Crippen molar-refractivity contribution in [2.75, 3.05) is 6.26 Å². The van der Waals surface area contributed by atoms with Crippen molar-refractivity contribution in [1.29, 1.82) is 0 Å². The average molecular weight is 985 g/mol. The van der Waals surface area contributed by atoms with E-state index in [1.807, 2.05) is 77.1 Å². The van der Waals surface area contributed by atoms with Gasteiger partial charge < -0.3 is 5.11 Å². The van der Waals surface area contributed by atoms with Crippen molar-refractivity contribution in [2.24, 2.45) is 0 Å². The topological polar surface area (TPSA) is 97.6 Å². The zero-order valence-electron chi connectivity index (χ0n) is 37.5. The Bertz CT molecular complexity index is 3090. The van der Waals surface area contributed by atoms with E-state index in [1.54, 1.807) is 91.9 Å². The summed E-state index contributed by atoms with van der Waals surface area (Å²) in [4.78, 5) is 26.1. The zero-order chi connectivity index (χ0) is 46.0. The van der Waals surface area contributed by atoms with Crippen LogP contribution in [-0.4, -0.2) is 41.3 Å². The molecule has 0 amide bonds. The zero-order valence-corrected chi connectivity index (χ0v) is 43.3. The first-order valence-corrected chi connectivity index (χ1v) is 26.7. The van der Waals surface area contributed by atoms with Crippen molar-refractivity contribution < 1.29 is 5.11 Å². The van der Waals surface area contributed by atoms with Gasteiger partial charge in [-0.3, -0.25) is 0 Å². The molecular formula is C51H48N6OS7. The number of nitrogens with zero attached hydrogens (tertiary/aromatic N) is 6. The molecule has 0 spiro atoms. The molecular weight excluding hydrogens is 937 g/mol. The number of benzene rings is 6. The van der Waals surface area contributed by atoms with Gasteiger partial charge in [0, 0.05) is 6.07 Å². The molecule has 0 unspecified atom stereocenters. The molecule has 0 aliphatic heterocycles. The third-order valence-electron chi connectivity index (χ3n) is 9.28. The molecule has 0 radical (unpaired) electrons. The lowest BCUT2D eigenvalue weighted by Crippen LogP contribution is -1.71. The van der Waals surface area contributed by atoms with E-state index in [1.165, 1.54) is 40.2 Å². The molecule has 0 saturated carbocycles. The van der Waals surface area contributed by atoms with Gasteiger partial charge in [0.15, 0.2) is 4.34 Å². The van der Waals surface area contributed by atoms with Crippen LogP contribution in [0.4, 0.5) is 0 Å². The largest absolute Gasteiger partial charge is 0.508 e. The third kappa shape index (κ3) is 13.4. The van der Waals surface area contributed by atoms with Crippen LogP contribution in [0.1, 0.15) is 41.7 Å². The van der Waals surface area contributed by atoms with E-state index in [0.717, 1.165) is 67.2 Å². The Labute approximate surface area is 407 Å². The number of aromatic nitrogens is 6. The Hall–Kier alpha value is -5.19. The van der Waals surface area contributed by atoms with Crippen molar-refractivity contribution in [3.63, 3.8) is 0 Å². The summed E-state index contributed by atoms with van der Waals surface area (Å²) in [6, 6.07) is 40.8. The van der Waals surface area contributed by atoms with Crippen LogP contribution >= 0.6 is 79.8 Å². The number of phenolic OH excluding ortho intramolecular Hbond substituents is 1. The predicted octanol–water partition coefficient (Wildman–Crippen LogP) is 16.7. The second-order valence-electron chi connectivity index (χ2n) is 14.8. The van der Waals surface area contributed by atoms with Crippen LogP contribution in [0, 0.1) is 55.4 Å². The fourth-order valence-electron chi connectivity index (χ4n) is 6.41. The molecule has 0 aliphatic rings. The molecule has 0 fully saturated rings. The van der Waals surface area contributed by atoms with Crippen molar-refractivity contribution in [2.45, 2.75) is 59.7 Å². The minimum absolute atomic E-state index is 0.280. The maximum atomic E-state index is 9.10. The summed E-state index contributed by atoms with van der Waals surface area (Å²) in [6.45, 7) is 16.4. The van der Waals surface area contributed by atoms with Gasteiger partial charge in [-0.25, -0.2) is 29.9 Å². The average Bonchev–Trinajstić information content (AvgIpc) is 4.14. The summed E-state index contributed by atoms with van der Waals surface area (Å²) in [7, 11) is 0. The molecule has 6 aromatic carbocycles. The number of thioether (sulfide) groups is 1. The van der Waals surface area contributed by atoms with Gasteiger partial charge in [-0.15, -0.1) is 68.0 Å². The Balaban J connectivity index is 0.000000116. The monoisotopic (exact) mass is 984 g/mol. The van der Waals surface area contributed by atoms with Gasteiger partial charge in [-0.2, -0.15) is 0 Å². The summed E-state index contributed by atoms with van der Waals surface area (Å²) in [6.07, 6.45) is 2.05. The van der Waals surface area contributed by atoms with E-state index in [9.17, 15) is 0 Å².